The Balaban J connectivity index is 1.65. The minimum absolute atomic E-state index is 0.000690. The van der Waals surface area contributed by atoms with Crippen LogP contribution in [0, 0.1) is 5.82 Å². The molecule has 1 aliphatic rings. The van der Waals surface area contributed by atoms with Gasteiger partial charge in [0.05, 0.1) is 25.1 Å². The van der Waals surface area contributed by atoms with Crippen LogP contribution in [0.3, 0.4) is 0 Å². The zero-order valence-electron chi connectivity index (χ0n) is 15.2. The fraction of sp³-hybridized carbons (Fsp3) is 0.286. The van der Waals surface area contributed by atoms with Gasteiger partial charge in [-0.3, -0.25) is 4.79 Å². The normalized spacial score (nSPS) is 16.7. The quantitative estimate of drug-likeness (QED) is 0.632. The molecule has 0 radical (unpaired) electrons. The molecule has 0 aliphatic carbocycles. The van der Waals surface area contributed by atoms with E-state index in [0.29, 0.717) is 22.9 Å². The zero-order valence-corrected chi connectivity index (χ0v) is 16.0. The number of halogens is 1. The molecule has 1 aliphatic heterocycles. The second kappa shape index (κ2) is 7.19. The van der Waals surface area contributed by atoms with Crippen molar-refractivity contribution in [1.82, 2.24) is 4.90 Å². The molecule has 4 rings (SSSR count). The maximum atomic E-state index is 13.5. The van der Waals surface area contributed by atoms with Crippen LogP contribution < -0.4 is 9.47 Å². The average molecular weight is 385 g/mol. The molecule has 0 bridgehead atoms. The predicted molar refractivity (Wildman–Crippen MR) is 104 cm³/mol. The van der Waals surface area contributed by atoms with Gasteiger partial charge >= 0.3 is 0 Å². The lowest BCUT2D eigenvalue weighted by Crippen LogP contribution is -2.29. The highest BCUT2D eigenvalue weighted by Crippen LogP contribution is 2.38. The van der Waals surface area contributed by atoms with Gasteiger partial charge in [-0.1, -0.05) is 12.1 Å². The summed E-state index contributed by atoms with van der Waals surface area (Å²) < 4.78 is 25.0. The van der Waals surface area contributed by atoms with Gasteiger partial charge in [0, 0.05) is 11.2 Å². The Morgan fingerprint density at radius 3 is 2.70 bits per heavy atom. The molecule has 3 aromatic rings. The molecule has 2 aromatic carbocycles. The molecule has 1 unspecified atom stereocenters. The van der Waals surface area contributed by atoms with Gasteiger partial charge in [0.15, 0.2) is 11.5 Å². The fourth-order valence-electron chi connectivity index (χ4n) is 3.67. The topological polar surface area (TPSA) is 38.8 Å². The van der Waals surface area contributed by atoms with Gasteiger partial charge in [0.25, 0.3) is 5.91 Å². The van der Waals surface area contributed by atoms with Crippen molar-refractivity contribution in [3.05, 3.63) is 58.7 Å². The van der Waals surface area contributed by atoms with E-state index in [1.165, 1.54) is 23.5 Å². The van der Waals surface area contributed by atoms with Crippen molar-refractivity contribution in [1.29, 1.82) is 0 Å². The number of hydrogen-bond donors (Lipinski definition) is 0. The number of carbonyl (C=O) groups is 1. The summed E-state index contributed by atoms with van der Waals surface area (Å²) in [4.78, 5) is 15.7. The number of benzene rings is 2. The number of nitrogens with zero attached hydrogens (tertiary/aromatic N) is 1. The first-order valence-electron chi connectivity index (χ1n) is 8.82. The van der Waals surface area contributed by atoms with Crippen LogP contribution >= 0.6 is 11.3 Å². The number of amides is 1. The van der Waals surface area contributed by atoms with Crippen LogP contribution in [0.15, 0.2) is 42.5 Å². The van der Waals surface area contributed by atoms with Gasteiger partial charge in [0.2, 0.25) is 0 Å². The van der Waals surface area contributed by atoms with E-state index in [1.807, 2.05) is 29.2 Å². The van der Waals surface area contributed by atoms with Gasteiger partial charge in [0.1, 0.15) is 5.82 Å². The third-order valence-corrected chi connectivity index (χ3v) is 6.08. The van der Waals surface area contributed by atoms with Crippen molar-refractivity contribution >= 4 is 27.3 Å². The van der Waals surface area contributed by atoms with Crippen LogP contribution in [0.4, 0.5) is 4.39 Å². The Morgan fingerprint density at radius 2 is 1.93 bits per heavy atom. The summed E-state index contributed by atoms with van der Waals surface area (Å²) in [5.74, 6) is 1.04. The number of thiophene rings is 1. The molecule has 4 nitrogen and oxygen atoms in total. The van der Waals surface area contributed by atoms with E-state index in [2.05, 4.69) is 0 Å². The van der Waals surface area contributed by atoms with Crippen LogP contribution in [-0.2, 0) is 0 Å². The van der Waals surface area contributed by atoms with E-state index in [0.717, 1.165) is 28.5 Å². The molecule has 2 heterocycles. The lowest BCUT2D eigenvalue weighted by molar-refractivity contribution is 0.0740. The maximum Gasteiger partial charge on any atom is 0.264 e. The molecule has 0 N–H and O–H groups in total. The van der Waals surface area contributed by atoms with Crippen molar-refractivity contribution in [2.75, 3.05) is 20.8 Å². The van der Waals surface area contributed by atoms with Gasteiger partial charge < -0.3 is 14.4 Å². The van der Waals surface area contributed by atoms with Gasteiger partial charge in [-0.05, 0) is 54.1 Å². The SMILES string of the molecule is COc1ccc(C2CCCN2C(=O)c2cc3ccc(F)cc3s2)cc1OC. The molecule has 0 spiro atoms. The van der Waals surface area contributed by atoms with E-state index in [9.17, 15) is 9.18 Å². The van der Waals surface area contributed by atoms with E-state index in [1.54, 1.807) is 20.3 Å². The molecule has 1 saturated heterocycles. The molecule has 1 fully saturated rings. The van der Waals surface area contributed by atoms with Gasteiger partial charge in [-0.15, -0.1) is 11.3 Å². The van der Waals surface area contributed by atoms with Gasteiger partial charge in [-0.2, -0.15) is 0 Å². The summed E-state index contributed by atoms with van der Waals surface area (Å²) in [6.07, 6.45) is 1.85. The highest BCUT2D eigenvalue weighted by molar-refractivity contribution is 7.20. The second-order valence-electron chi connectivity index (χ2n) is 6.56. The minimum atomic E-state index is -0.285. The Labute approximate surface area is 161 Å². The molecule has 140 valence electrons. The van der Waals surface area contributed by atoms with E-state index in [4.69, 9.17) is 9.47 Å². The van der Waals surface area contributed by atoms with Crippen LogP contribution in [0.1, 0.15) is 34.1 Å². The van der Waals surface area contributed by atoms with Crippen molar-refractivity contribution in [2.45, 2.75) is 18.9 Å². The lowest BCUT2D eigenvalue weighted by atomic mass is 10.0. The van der Waals surface area contributed by atoms with Crippen molar-refractivity contribution in [2.24, 2.45) is 0 Å². The van der Waals surface area contributed by atoms with E-state index < -0.39 is 0 Å². The number of carbonyl (C=O) groups excluding carboxylic acids is 1. The summed E-state index contributed by atoms with van der Waals surface area (Å²) in [5.41, 5.74) is 1.03. The number of rotatable bonds is 4. The Morgan fingerprint density at radius 1 is 1.11 bits per heavy atom. The first kappa shape index (κ1) is 17.8. The first-order valence-corrected chi connectivity index (χ1v) is 9.64. The lowest BCUT2D eigenvalue weighted by Gasteiger charge is -2.25. The maximum absolute atomic E-state index is 13.5. The van der Waals surface area contributed by atoms with Crippen LogP contribution in [0.5, 0.6) is 11.5 Å². The average Bonchev–Trinajstić information content (AvgIpc) is 3.33. The molecule has 6 heteroatoms. The summed E-state index contributed by atoms with van der Waals surface area (Å²) in [7, 11) is 3.21. The minimum Gasteiger partial charge on any atom is -0.493 e. The van der Waals surface area contributed by atoms with Crippen LogP contribution in [0.25, 0.3) is 10.1 Å². The summed E-state index contributed by atoms with van der Waals surface area (Å²) >= 11 is 1.34. The zero-order chi connectivity index (χ0) is 19.0. The Kier molecular flexibility index (Phi) is 4.74. The van der Waals surface area contributed by atoms with Gasteiger partial charge in [-0.25, -0.2) is 4.39 Å². The van der Waals surface area contributed by atoms with Crippen molar-refractivity contribution in [3.63, 3.8) is 0 Å². The standard InChI is InChI=1S/C21H20FNO3S/c1-25-17-8-6-13(10-18(17)26-2)16-4-3-9-23(16)21(24)20-11-14-5-7-15(22)12-19(14)27-20/h5-8,10-12,16H,3-4,9H2,1-2H3. The third kappa shape index (κ3) is 3.25. The van der Waals surface area contributed by atoms with Crippen molar-refractivity contribution in [3.8, 4) is 11.5 Å². The highest BCUT2D eigenvalue weighted by Gasteiger charge is 2.32. The van der Waals surface area contributed by atoms with E-state index in [-0.39, 0.29) is 17.8 Å². The number of fused-ring (bicyclic) bond motifs is 1. The molecular formula is C21H20FNO3S. The second-order valence-corrected chi connectivity index (χ2v) is 7.65. The largest absolute Gasteiger partial charge is 0.493 e. The number of methoxy groups -OCH3 is 2. The first-order chi connectivity index (χ1) is 13.1. The highest BCUT2D eigenvalue weighted by atomic mass is 32.1. The van der Waals surface area contributed by atoms with Crippen LogP contribution in [0.2, 0.25) is 0 Å². The molecule has 1 amide bonds. The Bertz CT molecular complexity index is 1000. The fourth-order valence-corrected chi connectivity index (χ4v) is 4.71. The molecular weight excluding hydrogens is 365 g/mol. The predicted octanol–water partition coefficient (Wildman–Crippen LogP) is 5.03. The smallest absolute Gasteiger partial charge is 0.264 e. The monoisotopic (exact) mass is 385 g/mol. The van der Waals surface area contributed by atoms with Crippen molar-refractivity contribution < 1.29 is 18.7 Å². The number of ether oxygens (including phenoxy) is 2. The summed E-state index contributed by atoms with van der Waals surface area (Å²) in [6, 6.07) is 12.3. The third-order valence-electron chi connectivity index (χ3n) is 5.00. The number of hydrogen-bond acceptors (Lipinski definition) is 4. The summed E-state index contributed by atoms with van der Waals surface area (Å²) in [6.45, 7) is 0.709. The molecule has 0 saturated carbocycles. The molecule has 1 aromatic heterocycles. The van der Waals surface area contributed by atoms with Crippen LogP contribution in [-0.4, -0.2) is 31.6 Å². The molecule has 27 heavy (non-hydrogen) atoms. The number of likely N-dealkylation sites (tertiary alicyclic amines) is 1. The Hall–Kier alpha value is -2.60. The van der Waals surface area contributed by atoms with E-state index >= 15 is 0 Å². The summed E-state index contributed by atoms with van der Waals surface area (Å²) in [5, 5.41) is 0.895. The molecule has 1 atom stereocenters.